The van der Waals surface area contributed by atoms with E-state index < -0.39 is 10.5 Å². The molecule has 0 aliphatic heterocycles. The molecule has 0 atom stereocenters. The molecule has 0 fully saturated rings. The van der Waals surface area contributed by atoms with Crippen molar-refractivity contribution in [1.82, 2.24) is 0 Å². The number of Topliss-reactive ketones (excluding diaryl/α,β-unsaturated/α-hetero) is 1. The standard InChI is InChI=1S/C9H12Cl2O3/c1-6(12)7(2-4-8(10)13)3-5-9(11)14/h7H,2-5H2,1H3. The SMILES string of the molecule is CC(=O)C(CCC(=O)Cl)CCC(=O)Cl. The summed E-state index contributed by atoms with van der Waals surface area (Å²) in [6.45, 7) is 1.43. The van der Waals surface area contributed by atoms with Crippen LogP contribution in [-0.4, -0.2) is 16.3 Å². The van der Waals surface area contributed by atoms with Crippen LogP contribution < -0.4 is 0 Å². The third-order valence-corrected chi connectivity index (χ3v) is 2.33. The molecule has 0 heterocycles. The van der Waals surface area contributed by atoms with Gasteiger partial charge in [-0.2, -0.15) is 0 Å². The average Bonchev–Trinajstić information content (AvgIpc) is 2.02. The van der Waals surface area contributed by atoms with Gasteiger partial charge in [0, 0.05) is 18.8 Å². The van der Waals surface area contributed by atoms with Crippen molar-refractivity contribution in [2.45, 2.75) is 32.6 Å². The number of ketones is 1. The van der Waals surface area contributed by atoms with Gasteiger partial charge >= 0.3 is 0 Å². The molecule has 0 rings (SSSR count). The maximum Gasteiger partial charge on any atom is 0.221 e. The van der Waals surface area contributed by atoms with Crippen molar-refractivity contribution in [3.63, 3.8) is 0 Å². The van der Waals surface area contributed by atoms with Crippen LogP contribution in [0, 0.1) is 5.92 Å². The predicted octanol–water partition coefficient (Wildman–Crippen LogP) is 2.28. The quantitative estimate of drug-likeness (QED) is 0.640. The molecule has 0 aliphatic carbocycles. The van der Waals surface area contributed by atoms with Crippen molar-refractivity contribution >= 4 is 39.5 Å². The first kappa shape index (κ1) is 13.6. The highest BCUT2D eigenvalue weighted by atomic mass is 35.5. The van der Waals surface area contributed by atoms with Crippen molar-refractivity contribution in [1.29, 1.82) is 0 Å². The van der Waals surface area contributed by atoms with Crippen molar-refractivity contribution in [3.8, 4) is 0 Å². The monoisotopic (exact) mass is 238 g/mol. The summed E-state index contributed by atoms with van der Waals surface area (Å²) >= 11 is 10.3. The lowest BCUT2D eigenvalue weighted by Crippen LogP contribution is -2.13. The van der Waals surface area contributed by atoms with Crippen molar-refractivity contribution in [2.24, 2.45) is 5.92 Å². The van der Waals surface area contributed by atoms with E-state index in [0.29, 0.717) is 12.8 Å². The Kier molecular flexibility index (Phi) is 6.75. The van der Waals surface area contributed by atoms with E-state index in [0.717, 1.165) is 0 Å². The Hall–Kier alpha value is -0.410. The Balaban J connectivity index is 3.96. The van der Waals surface area contributed by atoms with Crippen LogP contribution in [0.5, 0.6) is 0 Å². The number of hydrogen-bond donors (Lipinski definition) is 0. The highest BCUT2D eigenvalue weighted by molar-refractivity contribution is 6.63. The third-order valence-electron chi connectivity index (χ3n) is 1.95. The normalized spacial score (nSPS) is 10.3. The van der Waals surface area contributed by atoms with Gasteiger partial charge in [-0.15, -0.1) is 0 Å². The second-order valence-corrected chi connectivity index (χ2v) is 3.94. The van der Waals surface area contributed by atoms with Crippen LogP contribution in [0.1, 0.15) is 32.6 Å². The van der Waals surface area contributed by atoms with Gasteiger partial charge in [0.25, 0.3) is 0 Å². The van der Waals surface area contributed by atoms with Gasteiger partial charge in [0.1, 0.15) is 5.78 Å². The second kappa shape index (κ2) is 6.96. The zero-order chi connectivity index (χ0) is 11.1. The summed E-state index contributed by atoms with van der Waals surface area (Å²) in [5, 5.41) is -0.929. The summed E-state index contributed by atoms with van der Waals surface area (Å²) in [5.41, 5.74) is 0. The molecule has 0 aliphatic rings. The first-order valence-electron chi connectivity index (χ1n) is 4.30. The molecule has 0 saturated carbocycles. The molecular weight excluding hydrogens is 227 g/mol. The van der Waals surface area contributed by atoms with Crippen LogP contribution in [0.25, 0.3) is 0 Å². The molecular formula is C9H12Cl2O3. The highest BCUT2D eigenvalue weighted by Crippen LogP contribution is 2.16. The number of rotatable bonds is 7. The molecule has 5 heteroatoms. The predicted molar refractivity (Wildman–Crippen MR) is 54.4 cm³/mol. The zero-order valence-electron chi connectivity index (χ0n) is 7.89. The van der Waals surface area contributed by atoms with Crippen LogP contribution in [-0.2, 0) is 14.4 Å². The lowest BCUT2D eigenvalue weighted by molar-refractivity contribution is -0.121. The van der Waals surface area contributed by atoms with Crippen molar-refractivity contribution in [2.75, 3.05) is 0 Å². The largest absolute Gasteiger partial charge is 0.300 e. The lowest BCUT2D eigenvalue weighted by Gasteiger charge is -2.10. The van der Waals surface area contributed by atoms with E-state index in [1.165, 1.54) is 6.92 Å². The smallest absolute Gasteiger partial charge is 0.221 e. The molecule has 0 aromatic carbocycles. The second-order valence-electron chi connectivity index (χ2n) is 3.10. The first-order chi connectivity index (χ1) is 6.43. The summed E-state index contributed by atoms with van der Waals surface area (Å²) in [4.78, 5) is 32.0. The van der Waals surface area contributed by atoms with E-state index in [2.05, 4.69) is 0 Å². The molecule has 0 amide bonds. The van der Waals surface area contributed by atoms with E-state index in [1.807, 2.05) is 0 Å². The van der Waals surface area contributed by atoms with Gasteiger partial charge in [-0.3, -0.25) is 14.4 Å². The van der Waals surface area contributed by atoms with E-state index >= 15 is 0 Å². The van der Waals surface area contributed by atoms with E-state index in [4.69, 9.17) is 23.2 Å². The topological polar surface area (TPSA) is 51.2 Å². The summed E-state index contributed by atoms with van der Waals surface area (Å²) in [6.07, 6.45) is 1.09. The number of carbonyl (C=O) groups is 3. The highest BCUT2D eigenvalue weighted by Gasteiger charge is 2.16. The molecule has 0 saturated heterocycles. The van der Waals surface area contributed by atoms with Crippen LogP contribution in [0.4, 0.5) is 0 Å². The molecule has 14 heavy (non-hydrogen) atoms. The molecule has 0 spiro atoms. The van der Waals surface area contributed by atoms with Gasteiger partial charge in [-0.1, -0.05) is 0 Å². The first-order valence-corrected chi connectivity index (χ1v) is 5.06. The Morgan fingerprint density at radius 1 is 1.00 bits per heavy atom. The van der Waals surface area contributed by atoms with E-state index in [9.17, 15) is 14.4 Å². The van der Waals surface area contributed by atoms with Gasteiger partial charge in [0.2, 0.25) is 10.5 Å². The van der Waals surface area contributed by atoms with Crippen LogP contribution in [0.3, 0.4) is 0 Å². The fourth-order valence-corrected chi connectivity index (χ4v) is 1.34. The minimum absolute atomic E-state index is 0.0409. The molecule has 0 radical (unpaired) electrons. The Bertz CT molecular complexity index is 220. The molecule has 0 aromatic heterocycles. The molecule has 0 N–H and O–H groups in total. The fourth-order valence-electron chi connectivity index (χ4n) is 1.13. The molecule has 0 unspecified atom stereocenters. The Morgan fingerprint density at radius 2 is 1.36 bits per heavy atom. The van der Waals surface area contributed by atoms with Gasteiger partial charge < -0.3 is 0 Å². The van der Waals surface area contributed by atoms with Gasteiger partial charge in [0.05, 0.1) is 0 Å². The molecule has 3 nitrogen and oxygen atoms in total. The van der Waals surface area contributed by atoms with Crippen LogP contribution in [0.15, 0.2) is 0 Å². The minimum atomic E-state index is -0.464. The summed E-state index contributed by atoms with van der Waals surface area (Å²) in [5.74, 6) is -0.332. The van der Waals surface area contributed by atoms with Crippen molar-refractivity contribution in [3.05, 3.63) is 0 Å². The van der Waals surface area contributed by atoms with E-state index in [1.54, 1.807) is 0 Å². The lowest BCUT2D eigenvalue weighted by atomic mass is 9.94. The van der Waals surface area contributed by atoms with Crippen LogP contribution >= 0.6 is 23.2 Å². The maximum absolute atomic E-state index is 11.1. The average molecular weight is 239 g/mol. The van der Waals surface area contributed by atoms with E-state index in [-0.39, 0.29) is 24.5 Å². The van der Waals surface area contributed by atoms with Gasteiger partial charge in [0.15, 0.2) is 0 Å². The fraction of sp³-hybridized carbons (Fsp3) is 0.667. The number of halogens is 2. The van der Waals surface area contributed by atoms with Gasteiger partial charge in [-0.25, -0.2) is 0 Å². The number of hydrogen-bond acceptors (Lipinski definition) is 3. The number of carbonyl (C=O) groups excluding carboxylic acids is 3. The van der Waals surface area contributed by atoms with Gasteiger partial charge in [-0.05, 0) is 43.0 Å². The Labute approximate surface area is 92.7 Å². The third kappa shape index (κ3) is 7.04. The zero-order valence-corrected chi connectivity index (χ0v) is 9.40. The van der Waals surface area contributed by atoms with Crippen LogP contribution in [0.2, 0.25) is 0 Å². The molecule has 0 aromatic rings. The molecule has 80 valence electrons. The maximum atomic E-state index is 11.1. The Morgan fingerprint density at radius 3 is 1.57 bits per heavy atom. The minimum Gasteiger partial charge on any atom is -0.300 e. The van der Waals surface area contributed by atoms with Crippen molar-refractivity contribution < 1.29 is 14.4 Å². The summed E-state index contributed by atoms with van der Waals surface area (Å²) in [7, 11) is 0. The summed E-state index contributed by atoms with van der Waals surface area (Å²) < 4.78 is 0. The summed E-state index contributed by atoms with van der Waals surface area (Å²) in [6, 6.07) is 0. The molecule has 0 bridgehead atoms.